The number of nitrogens with one attached hydrogen (secondary N) is 1. The Bertz CT molecular complexity index is 653. The van der Waals surface area contributed by atoms with E-state index in [9.17, 15) is 4.79 Å². The Hall–Kier alpha value is -2.33. The molecule has 0 aliphatic carbocycles. The van der Waals surface area contributed by atoms with E-state index in [1.165, 1.54) is 0 Å². The topological polar surface area (TPSA) is 50.9 Å². The summed E-state index contributed by atoms with van der Waals surface area (Å²) in [5.41, 5.74) is 0.875. The third-order valence-corrected chi connectivity index (χ3v) is 3.89. The lowest BCUT2D eigenvalue weighted by atomic mass is 10.1. The zero-order valence-corrected chi connectivity index (χ0v) is 13.2. The van der Waals surface area contributed by atoms with Gasteiger partial charge in [-0.05, 0) is 24.6 Å². The number of ether oxygens (including phenoxy) is 2. The molecule has 0 spiro atoms. The summed E-state index contributed by atoms with van der Waals surface area (Å²) in [4.78, 5) is 12.3. The Morgan fingerprint density at radius 3 is 2.61 bits per heavy atom. The average molecular weight is 311 g/mol. The van der Waals surface area contributed by atoms with E-state index in [4.69, 9.17) is 9.47 Å². The van der Waals surface area contributed by atoms with Crippen molar-refractivity contribution >= 4 is 5.91 Å². The summed E-state index contributed by atoms with van der Waals surface area (Å²) in [5, 5.41) is 3.05. The highest BCUT2D eigenvalue weighted by Gasteiger charge is 2.32. The van der Waals surface area contributed by atoms with Crippen molar-refractivity contribution < 1.29 is 14.3 Å². The third kappa shape index (κ3) is 4.33. The molecule has 1 amide bonds. The fourth-order valence-corrected chi connectivity index (χ4v) is 2.54. The third-order valence-electron chi connectivity index (χ3n) is 3.89. The molecule has 4 heteroatoms. The van der Waals surface area contributed by atoms with Crippen LogP contribution in [0.25, 0.3) is 0 Å². The normalized spacial score (nSPS) is 17.3. The molecule has 1 N–H and O–H groups in total. The lowest BCUT2D eigenvalue weighted by Gasteiger charge is -2.15. The Morgan fingerprint density at radius 1 is 1.22 bits per heavy atom. The van der Waals surface area contributed by atoms with Gasteiger partial charge in [-0.25, -0.2) is 0 Å². The second-order valence-electron chi connectivity index (χ2n) is 5.65. The fourth-order valence-electron chi connectivity index (χ4n) is 2.54. The number of epoxide rings is 1. The maximum atomic E-state index is 12.3. The number of carbonyl (C=O) groups excluding carboxylic acids is 1. The number of benzene rings is 2. The number of para-hydroxylation sites is 2. The predicted molar refractivity (Wildman–Crippen MR) is 88.6 cm³/mol. The maximum absolute atomic E-state index is 12.3. The van der Waals surface area contributed by atoms with Gasteiger partial charge in [-0.2, -0.15) is 0 Å². The van der Waals surface area contributed by atoms with E-state index in [1.807, 2.05) is 54.6 Å². The van der Waals surface area contributed by atoms with Gasteiger partial charge in [-0.1, -0.05) is 43.3 Å². The molecule has 0 saturated carbocycles. The molecule has 1 fully saturated rings. The highest BCUT2D eigenvalue weighted by Crippen LogP contribution is 2.25. The molecule has 1 aliphatic heterocycles. The fraction of sp³-hybridized carbons (Fsp3) is 0.316. The molecule has 2 atom stereocenters. The molecule has 3 rings (SSSR count). The van der Waals surface area contributed by atoms with Gasteiger partial charge in [0.2, 0.25) is 5.91 Å². The second-order valence-corrected chi connectivity index (χ2v) is 5.65. The van der Waals surface area contributed by atoms with E-state index in [0.717, 1.165) is 24.3 Å². The number of carbonyl (C=O) groups is 1. The smallest absolute Gasteiger partial charge is 0.224 e. The van der Waals surface area contributed by atoms with Crippen molar-refractivity contribution in [2.24, 2.45) is 0 Å². The van der Waals surface area contributed by atoms with Crippen LogP contribution < -0.4 is 10.1 Å². The van der Waals surface area contributed by atoms with Crippen LogP contribution in [0.1, 0.15) is 18.9 Å². The first-order chi connectivity index (χ1) is 11.3. The van der Waals surface area contributed by atoms with Crippen molar-refractivity contribution in [1.82, 2.24) is 5.32 Å². The van der Waals surface area contributed by atoms with Gasteiger partial charge >= 0.3 is 0 Å². The first-order valence-corrected chi connectivity index (χ1v) is 7.98. The van der Waals surface area contributed by atoms with Crippen LogP contribution >= 0.6 is 0 Å². The van der Waals surface area contributed by atoms with Crippen LogP contribution in [0.5, 0.6) is 11.5 Å². The van der Waals surface area contributed by atoms with E-state index in [2.05, 4.69) is 12.2 Å². The van der Waals surface area contributed by atoms with Crippen LogP contribution in [0, 0.1) is 0 Å². The van der Waals surface area contributed by atoms with Crippen LogP contribution in [-0.4, -0.2) is 24.7 Å². The standard InChI is InChI=1S/C19H21NO3/c1-2-16(18-13-22-18)20-19(21)12-14-8-6-7-11-17(14)23-15-9-4-3-5-10-15/h3-11,16,18H,2,12-13H2,1H3,(H,20,21)/t16-,18?/m0/s1. The molecule has 2 aromatic rings. The van der Waals surface area contributed by atoms with Crippen LogP contribution in [0.4, 0.5) is 0 Å². The molecule has 1 unspecified atom stereocenters. The molecule has 120 valence electrons. The largest absolute Gasteiger partial charge is 0.457 e. The van der Waals surface area contributed by atoms with Crippen molar-refractivity contribution in [3.63, 3.8) is 0 Å². The van der Waals surface area contributed by atoms with Gasteiger partial charge in [-0.15, -0.1) is 0 Å². The highest BCUT2D eigenvalue weighted by molar-refractivity contribution is 5.79. The van der Waals surface area contributed by atoms with E-state index in [0.29, 0.717) is 12.2 Å². The Balaban J connectivity index is 1.66. The summed E-state index contributed by atoms with van der Waals surface area (Å²) >= 11 is 0. The van der Waals surface area contributed by atoms with Gasteiger partial charge in [0.05, 0.1) is 19.1 Å². The van der Waals surface area contributed by atoms with Gasteiger partial charge in [0, 0.05) is 5.56 Å². The molecule has 1 aliphatic rings. The summed E-state index contributed by atoms with van der Waals surface area (Å²) in [6.07, 6.45) is 1.35. The van der Waals surface area contributed by atoms with Crippen molar-refractivity contribution in [2.45, 2.75) is 31.9 Å². The zero-order chi connectivity index (χ0) is 16.1. The second kappa shape index (κ2) is 7.29. The lowest BCUT2D eigenvalue weighted by Crippen LogP contribution is -2.39. The molecule has 0 radical (unpaired) electrons. The predicted octanol–water partition coefficient (Wildman–Crippen LogP) is 3.32. The number of hydrogen-bond donors (Lipinski definition) is 1. The van der Waals surface area contributed by atoms with Crippen LogP contribution in [0.2, 0.25) is 0 Å². The van der Waals surface area contributed by atoms with Crippen molar-refractivity contribution in [3.05, 3.63) is 60.2 Å². The molecule has 23 heavy (non-hydrogen) atoms. The number of amides is 1. The van der Waals surface area contributed by atoms with Gasteiger partial charge in [0.25, 0.3) is 0 Å². The highest BCUT2D eigenvalue weighted by atomic mass is 16.6. The minimum absolute atomic E-state index is 0.00328. The van der Waals surface area contributed by atoms with Crippen molar-refractivity contribution in [3.8, 4) is 11.5 Å². The van der Waals surface area contributed by atoms with Gasteiger partial charge < -0.3 is 14.8 Å². The molecule has 2 aromatic carbocycles. The van der Waals surface area contributed by atoms with Crippen LogP contribution in [0.15, 0.2) is 54.6 Å². The van der Waals surface area contributed by atoms with E-state index in [1.54, 1.807) is 0 Å². The van der Waals surface area contributed by atoms with E-state index < -0.39 is 0 Å². The van der Waals surface area contributed by atoms with E-state index >= 15 is 0 Å². The molecule has 4 nitrogen and oxygen atoms in total. The number of rotatable bonds is 7. The molecular formula is C19H21NO3. The number of hydrogen-bond acceptors (Lipinski definition) is 3. The van der Waals surface area contributed by atoms with Crippen LogP contribution in [-0.2, 0) is 16.0 Å². The quantitative estimate of drug-likeness (QED) is 0.798. The Labute approximate surface area is 136 Å². The minimum Gasteiger partial charge on any atom is -0.457 e. The molecule has 0 aromatic heterocycles. The monoisotopic (exact) mass is 311 g/mol. The van der Waals surface area contributed by atoms with Crippen molar-refractivity contribution in [1.29, 1.82) is 0 Å². The molecule has 0 bridgehead atoms. The summed E-state index contributed by atoms with van der Waals surface area (Å²) in [7, 11) is 0. The molecule has 1 saturated heterocycles. The summed E-state index contributed by atoms with van der Waals surface area (Å²) in [6, 6.07) is 17.3. The maximum Gasteiger partial charge on any atom is 0.224 e. The summed E-state index contributed by atoms with van der Waals surface area (Å²) in [5.74, 6) is 1.47. The summed E-state index contributed by atoms with van der Waals surface area (Å²) < 4.78 is 11.2. The molecule has 1 heterocycles. The minimum atomic E-state index is -0.00328. The summed E-state index contributed by atoms with van der Waals surface area (Å²) in [6.45, 7) is 2.80. The van der Waals surface area contributed by atoms with Crippen LogP contribution in [0.3, 0.4) is 0 Å². The SMILES string of the molecule is CC[C@H](NC(=O)Cc1ccccc1Oc1ccccc1)C1CO1. The first-order valence-electron chi connectivity index (χ1n) is 7.98. The Morgan fingerprint density at radius 2 is 1.91 bits per heavy atom. The van der Waals surface area contributed by atoms with Crippen molar-refractivity contribution in [2.75, 3.05) is 6.61 Å². The lowest BCUT2D eigenvalue weighted by molar-refractivity contribution is -0.121. The van der Waals surface area contributed by atoms with Gasteiger partial charge in [0.1, 0.15) is 17.6 Å². The zero-order valence-electron chi connectivity index (χ0n) is 13.2. The average Bonchev–Trinajstić information content (AvgIpc) is 3.40. The first kappa shape index (κ1) is 15.6. The molecular weight excluding hydrogens is 290 g/mol. The van der Waals surface area contributed by atoms with Gasteiger partial charge in [-0.3, -0.25) is 4.79 Å². The Kier molecular flexibility index (Phi) is 4.93. The van der Waals surface area contributed by atoms with E-state index in [-0.39, 0.29) is 18.1 Å². The van der Waals surface area contributed by atoms with Gasteiger partial charge in [0.15, 0.2) is 0 Å².